The molecule has 0 aliphatic carbocycles. The van der Waals surface area contributed by atoms with E-state index in [1.807, 2.05) is 0 Å². The van der Waals surface area contributed by atoms with Crippen molar-refractivity contribution in [2.24, 2.45) is 5.73 Å². The molecule has 0 aliphatic heterocycles. The van der Waals surface area contributed by atoms with Crippen molar-refractivity contribution in [3.8, 4) is 0 Å². The van der Waals surface area contributed by atoms with E-state index in [-0.39, 0.29) is 10.6 Å². The van der Waals surface area contributed by atoms with Crippen molar-refractivity contribution in [3.05, 3.63) is 34.4 Å². The molecule has 1 aromatic rings. The lowest BCUT2D eigenvalue weighted by molar-refractivity contribution is -0.384. The van der Waals surface area contributed by atoms with E-state index in [1.165, 1.54) is 0 Å². The minimum atomic E-state index is -3.80. The highest BCUT2D eigenvalue weighted by atomic mass is 32.2. The van der Waals surface area contributed by atoms with E-state index >= 15 is 0 Å². The van der Waals surface area contributed by atoms with Crippen molar-refractivity contribution in [3.63, 3.8) is 0 Å². The van der Waals surface area contributed by atoms with Gasteiger partial charge in [0.2, 0.25) is 0 Å². The summed E-state index contributed by atoms with van der Waals surface area (Å²) in [6, 6.07) is 4.32. The smallest absolute Gasteiger partial charge is 0.331 e. The molecule has 9 heteroatoms. The quantitative estimate of drug-likeness (QED) is 0.263. The molecule has 0 aromatic heterocycles. The van der Waals surface area contributed by atoms with E-state index in [0.29, 0.717) is 4.72 Å². The number of nitrogens with one attached hydrogen (secondary N) is 1. The van der Waals surface area contributed by atoms with Crippen molar-refractivity contribution in [2.75, 3.05) is 0 Å². The fourth-order valence-corrected chi connectivity index (χ4v) is 1.98. The highest BCUT2D eigenvalue weighted by Crippen LogP contribution is 2.13. The van der Waals surface area contributed by atoms with E-state index in [2.05, 4.69) is 0 Å². The Labute approximate surface area is 90.8 Å². The topological polar surface area (TPSA) is 144 Å². The van der Waals surface area contributed by atoms with Crippen LogP contribution in [0.25, 0.3) is 0 Å². The average molecular weight is 245 g/mol. The van der Waals surface area contributed by atoms with Crippen molar-refractivity contribution < 1.29 is 18.1 Å². The molecule has 0 radical (unpaired) electrons. The molecule has 0 amide bonds. The second-order valence-corrected chi connectivity index (χ2v) is 4.67. The summed E-state index contributed by atoms with van der Waals surface area (Å²) in [4.78, 5) is 9.55. The molecule has 16 heavy (non-hydrogen) atoms. The second-order valence-electron chi connectivity index (χ2n) is 2.87. The minimum absolute atomic E-state index is 0.145. The van der Waals surface area contributed by atoms with Crippen LogP contribution in [0.4, 0.5) is 5.69 Å². The largest absolute Gasteiger partial charge is 0.337 e. The molecule has 0 heterocycles. The summed E-state index contributed by atoms with van der Waals surface area (Å²) in [7, 11) is -3.80. The molecule has 5 N–H and O–H groups in total. The van der Waals surface area contributed by atoms with Gasteiger partial charge in [0.15, 0.2) is 0 Å². The molecule has 0 aliphatic rings. The Bertz CT molecular complexity index is 522. The monoisotopic (exact) mass is 245 g/mol. The summed E-state index contributed by atoms with van der Waals surface area (Å²) in [6.07, 6.45) is 0. The van der Waals surface area contributed by atoms with Gasteiger partial charge in [0.05, 0.1) is 4.92 Å². The number of hydrogen-bond acceptors (Lipinski definition) is 5. The van der Waals surface area contributed by atoms with Crippen LogP contribution in [0, 0.1) is 15.5 Å². The predicted molar refractivity (Wildman–Crippen MR) is 54.1 cm³/mol. The van der Waals surface area contributed by atoms with Crippen molar-refractivity contribution in [2.45, 2.75) is 4.90 Å². The van der Waals surface area contributed by atoms with E-state index in [0.717, 1.165) is 24.3 Å². The Balaban J connectivity index is 3.07. The highest BCUT2D eigenvalue weighted by molar-refractivity contribution is 7.85. The Morgan fingerprint density at radius 2 is 1.88 bits per heavy atom. The van der Waals surface area contributed by atoms with Gasteiger partial charge in [-0.05, 0) is 12.1 Å². The van der Waals surface area contributed by atoms with Crippen LogP contribution in [0.1, 0.15) is 0 Å². The molecule has 1 aromatic carbocycles. The number of sulfonamides is 1. The first-order chi connectivity index (χ1) is 7.33. The van der Waals surface area contributed by atoms with E-state index in [4.69, 9.17) is 11.1 Å². The number of nitrogens with zero attached hydrogens (tertiary/aromatic N) is 1. The maximum absolute atomic E-state index is 11.5. The van der Waals surface area contributed by atoms with Gasteiger partial charge in [0, 0.05) is 12.1 Å². The summed E-state index contributed by atoms with van der Waals surface area (Å²) in [6.45, 7) is 0. The van der Waals surface area contributed by atoms with Gasteiger partial charge in [-0.3, -0.25) is 10.1 Å². The molecule has 0 bridgehead atoms. The van der Waals surface area contributed by atoms with Gasteiger partial charge in [0.25, 0.3) is 5.69 Å². The van der Waals surface area contributed by atoms with Crippen LogP contribution in [-0.4, -0.2) is 19.3 Å². The van der Waals surface area contributed by atoms with Crippen LogP contribution < -0.4 is 10.5 Å². The van der Waals surface area contributed by atoms with E-state index in [1.54, 1.807) is 0 Å². The molecular formula is C7H9N4O4S+. The molecule has 0 fully saturated rings. The maximum Gasteiger partial charge on any atom is 0.331 e. The van der Waals surface area contributed by atoms with Gasteiger partial charge in [0.1, 0.15) is 4.90 Å². The molecule has 8 nitrogen and oxygen atoms in total. The zero-order valence-electron chi connectivity index (χ0n) is 7.95. The first kappa shape index (κ1) is 12.1. The maximum atomic E-state index is 11.5. The van der Waals surface area contributed by atoms with Crippen LogP contribution in [0.3, 0.4) is 0 Å². The summed E-state index contributed by atoms with van der Waals surface area (Å²) in [5.74, 6) is -0.599. The first-order valence-corrected chi connectivity index (χ1v) is 5.56. The summed E-state index contributed by atoms with van der Waals surface area (Å²) >= 11 is 0. The SMILES string of the molecule is N=C(N)[NH2+]S(=O)(=O)c1ccc([N+](=O)[O-])cc1. The van der Waals surface area contributed by atoms with Crippen molar-refractivity contribution in [1.82, 2.24) is 0 Å². The fourth-order valence-electron chi connectivity index (χ4n) is 0.993. The first-order valence-electron chi connectivity index (χ1n) is 4.01. The van der Waals surface area contributed by atoms with Crippen molar-refractivity contribution >= 4 is 21.7 Å². The molecule has 86 valence electrons. The van der Waals surface area contributed by atoms with Crippen LogP contribution in [-0.2, 0) is 10.0 Å². The van der Waals surface area contributed by atoms with Gasteiger partial charge in [-0.1, -0.05) is 0 Å². The third-order valence-corrected chi connectivity index (χ3v) is 3.15. The van der Waals surface area contributed by atoms with Crippen molar-refractivity contribution in [1.29, 1.82) is 5.41 Å². The number of nitro groups is 1. The number of hydrogen-bond donors (Lipinski definition) is 3. The van der Waals surface area contributed by atoms with Gasteiger partial charge in [-0.2, -0.15) is 13.1 Å². The van der Waals surface area contributed by atoms with Crippen LogP contribution >= 0.6 is 0 Å². The fraction of sp³-hybridized carbons (Fsp3) is 0. The van der Waals surface area contributed by atoms with Crippen LogP contribution in [0.5, 0.6) is 0 Å². The Hall–Kier alpha value is -2.00. The Morgan fingerprint density at radius 3 is 2.25 bits per heavy atom. The molecule has 0 unspecified atom stereocenters. The predicted octanol–water partition coefficient (Wildman–Crippen LogP) is -1.26. The molecule has 1 rings (SSSR count). The lowest BCUT2D eigenvalue weighted by atomic mass is 10.3. The number of guanidine groups is 1. The minimum Gasteiger partial charge on any atom is -0.337 e. The zero-order chi connectivity index (χ0) is 12.3. The third-order valence-electron chi connectivity index (χ3n) is 1.66. The van der Waals surface area contributed by atoms with Gasteiger partial charge in [-0.15, -0.1) is 0 Å². The number of nitro benzene ring substituents is 1. The molecule has 0 atom stereocenters. The van der Waals surface area contributed by atoms with Crippen LogP contribution in [0.2, 0.25) is 0 Å². The van der Waals surface area contributed by atoms with E-state index < -0.39 is 20.9 Å². The molecule has 0 saturated heterocycles. The lowest BCUT2D eigenvalue weighted by Gasteiger charge is -2.00. The number of nitrogens with two attached hydrogens (primary N) is 2. The Morgan fingerprint density at radius 1 is 1.38 bits per heavy atom. The third kappa shape index (κ3) is 2.74. The van der Waals surface area contributed by atoms with Crippen LogP contribution in [0.15, 0.2) is 29.2 Å². The normalized spacial score (nSPS) is 11.0. The summed E-state index contributed by atoms with van der Waals surface area (Å²) in [5.41, 5.74) is 4.73. The average Bonchev–Trinajstić information content (AvgIpc) is 2.16. The molecule has 0 spiro atoms. The summed E-state index contributed by atoms with van der Waals surface area (Å²) < 4.78 is 23.5. The second kappa shape index (κ2) is 4.24. The number of benzene rings is 1. The lowest BCUT2D eigenvalue weighted by Crippen LogP contribution is -2.92. The number of rotatable bonds is 3. The zero-order valence-corrected chi connectivity index (χ0v) is 8.77. The standard InChI is InChI=1S/C7H8N4O4S/c8-7(9)10-16(14,15)6-3-1-5(2-4-6)11(12)13/h1-4H,(H4,8,9,10)/p+1. The molecule has 0 saturated carbocycles. The summed E-state index contributed by atoms with van der Waals surface area (Å²) in [5, 5.41) is 17.2. The van der Waals surface area contributed by atoms with Gasteiger partial charge >= 0.3 is 16.0 Å². The highest BCUT2D eigenvalue weighted by Gasteiger charge is 2.20. The molecular weight excluding hydrogens is 236 g/mol. The Kier molecular flexibility index (Phi) is 3.20. The van der Waals surface area contributed by atoms with Gasteiger partial charge in [-0.25, -0.2) is 5.41 Å². The number of primary sulfonamides is 1. The number of non-ortho nitro benzene ring substituents is 1. The number of quaternary nitrogens is 1. The van der Waals surface area contributed by atoms with Gasteiger partial charge < -0.3 is 5.73 Å². The van der Waals surface area contributed by atoms with E-state index in [9.17, 15) is 18.5 Å².